The normalized spacial score (nSPS) is 16.6. The van der Waals surface area contributed by atoms with Crippen LogP contribution in [0, 0.1) is 6.92 Å². The second-order valence-corrected chi connectivity index (χ2v) is 7.21. The minimum absolute atomic E-state index is 0.315. The van der Waals surface area contributed by atoms with Crippen molar-refractivity contribution in [3.05, 3.63) is 23.8 Å². The summed E-state index contributed by atoms with van der Waals surface area (Å²) in [7, 11) is -1.89. The summed E-state index contributed by atoms with van der Waals surface area (Å²) >= 11 is 0. The Bertz CT molecular complexity index is 584. The molecule has 0 amide bonds. The summed E-state index contributed by atoms with van der Waals surface area (Å²) in [5.41, 5.74) is 0.689. The van der Waals surface area contributed by atoms with Gasteiger partial charge in [0.05, 0.1) is 12.0 Å². The fraction of sp³-hybridized carbons (Fsp3) is 0.600. The van der Waals surface area contributed by atoms with Crippen molar-refractivity contribution in [2.75, 3.05) is 46.4 Å². The molecule has 124 valence electrons. The van der Waals surface area contributed by atoms with Crippen molar-refractivity contribution in [2.45, 2.75) is 18.2 Å². The first-order chi connectivity index (χ1) is 10.5. The van der Waals surface area contributed by atoms with E-state index < -0.39 is 10.0 Å². The van der Waals surface area contributed by atoms with Gasteiger partial charge in [0.1, 0.15) is 5.75 Å². The second kappa shape index (κ2) is 7.92. The van der Waals surface area contributed by atoms with Gasteiger partial charge in [-0.2, -0.15) is 0 Å². The van der Waals surface area contributed by atoms with Crippen LogP contribution in [0.15, 0.2) is 23.1 Å². The first-order valence-corrected chi connectivity index (χ1v) is 9.08. The van der Waals surface area contributed by atoms with E-state index in [9.17, 15) is 8.42 Å². The number of methoxy groups -OCH3 is 1. The van der Waals surface area contributed by atoms with Crippen molar-refractivity contribution in [1.82, 2.24) is 14.9 Å². The molecule has 1 saturated heterocycles. The largest absolute Gasteiger partial charge is 0.497 e. The van der Waals surface area contributed by atoms with Gasteiger partial charge in [0, 0.05) is 32.7 Å². The van der Waals surface area contributed by atoms with Crippen LogP contribution in [0.3, 0.4) is 0 Å². The molecule has 6 nitrogen and oxygen atoms in total. The van der Waals surface area contributed by atoms with E-state index in [1.165, 1.54) is 0 Å². The first kappa shape index (κ1) is 17.2. The summed E-state index contributed by atoms with van der Waals surface area (Å²) in [6.07, 6.45) is 0.814. The maximum Gasteiger partial charge on any atom is 0.240 e. The van der Waals surface area contributed by atoms with Gasteiger partial charge in [0.2, 0.25) is 10.0 Å². The van der Waals surface area contributed by atoms with E-state index in [2.05, 4.69) is 14.9 Å². The number of sulfonamides is 1. The zero-order chi connectivity index (χ0) is 16.0. The van der Waals surface area contributed by atoms with Crippen LogP contribution in [0.25, 0.3) is 0 Å². The molecule has 0 aliphatic carbocycles. The number of hydrogen-bond donors (Lipinski definition) is 2. The zero-order valence-electron chi connectivity index (χ0n) is 13.3. The molecule has 0 spiro atoms. The van der Waals surface area contributed by atoms with Crippen molar-refractivity contribution in [1.29, 1.82) is 0 Å². The number of ether oxygens (including phenoxy) is 1. The van der Waals surface area contributed by atoms with Gasteiger partial charge in [-0.3, -0.25) is 0 Å². The summed E-state index contributed by atoms with van der Waals surface area (Å²) in [5.74, 6) is 0.662. The molecule has 0 unspecified atom stereocenters. The number of rotatable bonds is 7. The Kier molecular flexibility index (Phi) is 6.19. The third kappa shape index (κ3) is 4.67. The molecule has 1 heterocycles. The highest BCUT2D eigenvalue weighted by molar-refractivity contribution is 7.89. The summed E-state index contributed by atoms with van der Waals surface area (Å²) in [6.45, 7) is 7.24. The predicted octanol–water partition coefficient (Wildman–Crippen LogP) is 0.577. The lowest BCUT2D eigenvalue weighted by atomic mass is 10.2. The van der Waals surface area contributed by atoms with Gasteiger partial charge in [-0.15, -0.1) is 0 Å². The lowest BCUT2D eigenvalue weighted by Gasteiger charge is -2.27. The van der Waals surface area contributed by atoms with Gasteiger partial charge in [-0.05, 0) is 43.7 Å². The maximum absolute atomic E-state index is 12.3. The van der Waals surface area contributed by atoms with Crippen LogP contribution < -0.4 is 14.8 Å². The maximum atomic E-state index is 12.3. The minimum atomic E-state index is -3.46. The van der Waals surface area contributed by atoms with Crippen molar-refractivity contribution < 1.29 is 13.2 Å². The molecule has 0 radical (unpaired) electrons. The number of benzene rings is 1. The summed E-state index contributed by atoms with van der Waals surface area (Å²) in [5, 5.41) is 3.30. The standard InChI is InChI=1S/C15H25N3O3S/c1-13-12-14(21-2)4-5-15(13)22(19,20)17-6-3-9-18-10-7-16-8-11-18/h4-5,12,16-17H,3,6-11H2,1-2H3. The van der Waals surface area contributed by atoms with Crippen LogP contribution in [-0.4, -0.2) is 59.7 Å². The van der Waals surface area contributed by atoms with Gasteiger partial charge >= 0.3 is 0 Å². The van der Waals surface area contributed by atoms with Gasteiger partial charge in [0.15, 0.2) is 0 Å². The number of piperazine rings is 1. The van der Waals surface area contributed by atoms with Crippen molar-refractivity contribution in [2.24, 2.45) is 0 Å². The number of aryl methyl sites for hydroxylation is 1. The average molecular weight is 327 g/mol. The molecular weight excluding hydrogens is 302 g/mol. The Morgan fingerprint density at radius 1 is 1.32 bits per heavy atom. The zero-order valence-corrected chi connectivity index (χ0v) is 14.1. The fourth-order valence-corrected chi connectivity index (χ4v) is 3.87. The highest BCUT2D eigenvalue weighted by Crippen LogP contribution is 2.20. The van der Waals surface area contributed by atoms with Crippen LogP contribution in [-0.2, 0) is 10.0 Å². The van der Waals surface area contributed by atoms with Crippen molar-refractivity contribution in [3.8, 4) is 5.75 Å². The summed E-state index contributed by atoms with van der Waals surface area (Å²) in [4.78, 5) is 2.67. The smallest absolute Gasteiger partial charge is 0.240 e. The lowest BCUT2D eigenvalue weighted by molar-refractivity contribution is 0.239. The van der Waals surface area contributed by atoms with Gasteiger partial charge < -0.3 is 15.0 Å². The van der Waals surface area contributed by atoms with Crippen molar-refractivity contribution >= 4 is 10.0 Å². The van der Waals surface area contributed by atoms with Crippen LogP contribution in [0.1, 0.15) is 12.0 Å². The predicted molar refractivity (Wildman–Crippen MR) is 86.8 cm³/mol. The van der Waals surface area contributed by atoms with E-state index in [1.54, 1.807) is 32.2 Å². The molecule has 22 heavy (non-hydrogen) atoms. The quantitative estimate of drug-likeness (QED) is 0.717. The Hall–Kier alpha value is -1.15. The molecule has 0 saturated carbocycles. The molecular formula is C15H25N3O3S. The monoisotopic (exact) mass is 327 g/mol. The molecule has 1 aliphatic heterocycles. The van der Waals surface area contributed by atoms with Gasteiger partial charge in [-0.25, -0.2) is 13.1 Å². The third-order valence-electron chi connectivity index (χ3n) is 3.82. The van der Waals surface area contributed by atoms with E-state index in [1.807, 2.05) is 0 Å². The Balaban J connectivity index is 1.85. The molecule has 0 aromatic heterocycles. The molecule has 1 aromatic rings. The number of hydrogen-bond acceptors (Lipinski definition) is 5. The minimum Gasteiger partial charge on any atom is -0.497 e. The molecule has 2 rings (SSSR count). The molecule has 1 aromatic carbocycles. The van der Waals surface area contributed by atoms with E-state index >= 15 is 0 Å². The average Bonchev–Trinajstić information content (AvgIpc) is 2.52. The summed E-state index contributed by atoms with van der Waals surface area (Å²) in [6, 6.07) is 4.99. The Labute approximate surface area is 132 Å². The van der Waals surface area contributed by atoms with E-state index in [0.29, 0.717) is 22.8 Å². The second-order valence-electron chi connectivity index (χ2n) is 5.47. The molecule has 1 fully saturated rings. The topological polar surface area (TPSA) is 70.7 Å². The Morgan fingerprint density at radius 3 is 2.68 bits per heavy atom. The van der Waals surface area contributed by atoms with Crippen molar-refractivity contribution in [3.63, 3.8) is 0 Å². The lowest BCUT2D eigenvalue weighted by Crippen LogP contribution is -2.44. The highest BCUT2D eigenvalue weighted by Gasteiger charge is 2.17. The fourth-order valence-electron chi connectivity index (χ4n) is 2.57. The number of nitrogens with zero attached hydrogens (tertiary/aromatic N) is 1. The molecule has 0 bridgehead atoms. The molecule has 2 N–H and O–H groups in total. The van der Waals surface area contributed by atoms with Crippen LogP contribution in [0.5, 0.6) is 5.75 Å². The SMILES string of the molecule is COc1ccc(S(=O)(=O)NCCCN2CCNCC2)c(C)c1. The molecule has 7 heteroatoms. The number of nitrogens with one attached hydrogen (secondary N) is 2. The highest BCUT2D eigenvalue weighted by atomic mass is 32.2. The Morgan fingerprint density at radius 2 is 2.05 bits per heavy atom. The molecule has 1 aliphatic rings. The van der Waals surface area contributed by atoms with Gasteiger partial charge in [-0.1, -0.05) is 0 Å². The van der Waals surface area contributed by atoms with Gasteiger partial charge in [0.25, 0.3) is 0 Å². The third-order valence-corrected chi connectivity index (χ3v) is 5.45. The van der Waals surface area contributed by atoms with E-state index in [4.69, 9.17) is 4.74 Å². The van der Waals surface area contributed by atoms with E-state index in [-0.39, 0.29) is 0 Å². The van der Waals surface area contributed by atoms with Crippen LogP contribution in [0.2, 0.25) is 0 Å². The van der Waals surface area contributed by atoms with Crippen LogP contribution >= 0.6 is 0 Å². The first-order valence-electron chi connectivity index (χ1n) is 7.60. The molecule has 0 atom stereocenters. The summed E-state index contributed by atoms with van der Waals surface area (Å²) < 4.78 is 32.4. The van der Waals surface area contributed by atoms with E-state index in [0.717, 1.165) is 39.1 Å². The van der Waals surface area contributed by atoms with Crippen LogP contribution in [0.4, 0.5) is 0 Å².